The summed E-state index contributed by atoms with van der Waals surface area (Å²) in [5.41, 5.74) is 7.32. The molecule has 1 saturated heterocycles. The molecular weight excluding hydrogens is 313 g/mol. The maximum Gasteiger partial charge on any atom is 0.137 e. The predicted octanol–water partition coefficient (Wildman–Crippen LogP) is 3.99. The van der Waals surface area contributed by atoms with Gasteiger partial charge in [-0.1, -0.05) is 6.07 Å². The molecule has 1 aromatic rings. The average molecular weight is 332 g/mol. The van der Waals surface area contributed by atoms with Crippen LogP contribution in [-0.4, -0.2) is 17.5 Å². The first-order valence-electron chi connectivity index (χ1n) is 6.42. The Morgan fingerprint density at radius 2 is 2.11 bits per heavy atom. The molecule has 1 fully saturated rings. The Kier molecular flexibility index (Phi) is 5.52. The zero-order valence-corrected chi connectivity index (χ0v) is 12.8. The topological polar surface area (TPSA) is 26.0 Å². The Labute approximate surface area is 121 Å². The third-order valence-electron chi connectivity index (χ3n) is 3.46. The first-order chi connectivity index (χ1) is 8.65. The summed E-state index contributed by atoms with van der Waals surface area (Å²) in [4.78, 5) is 0. The Morgan fingerprint density at radius 3 is 2.78 bits per heavy atom. The third-order valence-corrected chi connectivity index (χ3v) is 5.12. The van der Waals surface area contributed by atoms with Gasteiger partial charge in [-0.25, -0.2) is 4.39 Å². The molecule has 2 N–H and O–H groups in total. The minimum absolute atomic E-state index is 0.190. The molecule has 4 heteroatoms. The highest BCUT2D eigenvalue weighted by atomic mass is 79.9. The van der Waals surface area contributed by atoms with Crippen LogP contribution >= 0.6 is 27.7 Å². The van der Waals surface area contributed by atoms with Crippen molar-refractivity contribution in [1.82, 2.24) is 0 Å². The smallest absolute Gasteiger partial charge is 0.137 e. The first kappa shape index (κ1) is 14.4. The fourth-order valence-electron chi connectivity index (χ4n) is 2.46. The first-order valence-corrected chi connectivity index (χ1v) is 8.37. The number of hydrogen-bond acceptors (Lipinski definition) is 2. The van der Waals surface area contributed by atoms with Crippen LogP contribution in [0.25, 0.3) is 0 Å². The van der Waals surface area contributed by atoms with Gasteiger partial charge in [-0.05, 0) is 76.7 Å². The highest BCUT2D eigenvalue weighted by Gasteiger charge is 2.17. The molecule has 1 heterocycles. The zero-order valence-electron chi connectivity index (χ0n) is 10.4. The van der Waals surface area contributed by atoms with Crippen LogP contribution in [0.1, 0.15) is 24.8 Å². The molecule has 2 rings (SSSR count). The van der Waals surface area contributed by atoms with E-state index in [2.05, 4.69) is 15.9 Å². The molecule has 0 aliphatic carbocycles. The van der Waals surface area contributed by atoms with Gasteiger partial charge in [-0.3, -0.25) is 0 Å². The van der Waals surface area contributed by atoms with E-state index in [0.717, 1.165) is 24.3 Å². The van der Waals surface area contributed by atoms with Crippen LogP contribution < -0.4 is 5.73 Å². The number of thioether (sulfide) groups is 1. The zero-order chi connectivity index (χ0) is 13.0. The maximum absolute atomic E-state index is 13.1. The molecule has 0 amide bonds. The largest absolute Gasteiger partial charge is 0.327 e. The molecule has 0 aromatic heterocycles. The highest BCUT2D eigenvalue weighted by Crippen LogP contribution is 2.27. The lowest BCUT2D eigenvalue weighted by molar-refractivity contribution is 0.406. The molecule has 0 radical (unpaired) electrons. The van der Waals surface area contributed by atoms with E-state index in [1.807, 2.05) is 23.9 Å². The van der Waals surface area contributed by atoms with Gasteiger partial charge in [0.15, 0.2) is 0 Å². The standard InChI is InChI=1S/C14H19BrFNS/c15-13-9-11(1-2-14(13)16)8-12(17)7-10-3-5-18-6-4-10/h1-2,9-10,12H,3-8,17H2. The predicted molar refractivity (Wildman–Crippen MR) is 80.4 cm³/mol. The summed E-state index contributed by atoms with van der Waals surface area (Å²) in [7, 11) is 0. The van der Waals surface area contributed by atoms with E-state index in [4.69, 9.17) is 5.73 Å². The summed E-state index contributed by atoms with van der Waals surface area (Å²) in [5.74, 6) is 3.13. The number of benzene rings is 1. The van der Waals surface area contributed by atoms with Crippen molar-refractivity contribution in [3.05, 3.63) is 34.1 Å². The molecule has 0 spiro atoms. The normalized spacial score (nSPS) is 18.8. The van der Waals surface area contributed by atoms with Crippen LogP contribution in [-0.2, 0) is 6.42 Å². The van der Waals surface area contributed by atoms with Crippen LogP contribution in [0.4, 0.5) is 4.39 Å². The fourth-order valence-corrected chi connectivity index (χ4v) is 4.09. The fraction of sp³-hybridized carbons (Fsp3) is 0.571. The van der Waals surface area contributed by atoms with E-state index in [1.165, 1.54) is 30.4 Å². The van der Waals surface area contributed by atoms with Crippen molar-refractivity contribution in [2.24, 2.45) is 11.7 Å². The van der Waals surface area contributed by atoms with E-state index < -0.39 is 0 Å². The van der Waals surface area contributed by atoms with Gasteiger partial charge in [0.25, 0.3) is 0 Å². The monoisotopic (exact) mass is 331 g/mol. The molecule has 1 nitrogen and oxygen atoms in total. The second kappa shape index (κ2) is 6.92. The molecule has 1 aliphatic heterocycles. The van der Waals surface area contributed by atoms with E-state index >= 15 is 0 Å². The Bertz CT molecular complexity index is 393. The summed E-state index contributed by atoms with van der Waals surface area (Å²) in [6.45, 7) is 0. The van der Waals surface area contributed by atoms with Gasteiger partial charge in [0.1, 0.15) is 5.82 Å². The molecular formula is C14H19BrFNS. The molecule has 1 aliphatic rings. The summed E-state index contributed by atoms with van der Waals surface area (Å²) in [5, 5.41) is 0. The van der Waals surface area contributed by atoms with Crippen molar-refractivity contribution in [1.29, 1.82) is 0 Å². The minimum atomic E-state index is -0.211. The molecule has 0 saturated carbocycles. The maximum atomic E-state index is 13.1. The van der Waals surface area contributed by atoms with Crippen molar-refractivity contribution in [2.45, 2.75) is 31.7 Å². The summed E-state index contributed by atoms with van der Waals surface area (Å²) in [6.07, 6.45) is 4.52. The molecule has 100 valence electrons. The van der Waals surface area contributed by atoms with Gasteiger partial charge in [-0.2, -0.15) is 11.8 Å². The third kappa shape index (κ3) is 4.25. The second-order valence-corrected chi connectivity index (χ2v) is 7.08. The minimum Gasteiger partial charge on any atom is -0.327 e. The van der Waals surface area contributed by atoms with Crippen molar-refractivity contribution in [2.75, 3.05) is 11.5 Å². The van der Waals surface area contributed by atoms with Crippen LogP contribution in [0.5, 0.6) is 0 Å². The second-order valence-electron chi connectivity index (χ2n) is 5.00. The highest BCUT2D eigenvalue weighted by molar-refractivity contribution is 9.10. The van der Waals surface area contributed by atoms with E-state index in [0.29, 0.717) is 4.47 Å². The van der Waals surface area contributed by atoms with Crippen molar-refractivity contribution < 1.29 is 4.39 Å². The van der Waals surface area contributed by atoms with Crippen LogP contribution in [0.2, 0.25) is 0 Å². The van der Waals surface area contributed by atoms with Gasteiger partial charge in [0.2, 0.25) is 0 Å². The van der Waals surface area contributed by atoms with Gasteiger partial charge in [0, 0.05) is 6.04 Å². The number of hydrogen-bond donors (Lipinski definition) is 1. The Balaban J connectivity index is 1.85. The van der Waals surface area contributed by atoms with E-state index in [-0.39, 0.29) is 11.9 Å². The van der Waals surface area contributed by atoms with E-state index in [1.54, 1.807) is 0 Å². The number of rotatable bonds is 4. The van der Waals surface area contributed by atoms with Gasteiger partial charge < -0.3 is 5.73 Å². The number of halogens is 2. The Morgan fingerprint density at radius 1 is 1.39 bits per heavy atom. The summed E-state index contributed by atoms with van der Waals surface area (Å²) >= 11 is 5.26. The van der Waals surface area contributed by atoms with Crippen molar-refractivity contribution in [3.63, 3.8) is 0 Å². The van der Waals surface area contributed by atoms with Crippen molar-refractivity contribution >= 4 is 27.7 Å². The number of nitrogens with two attached hydrogens (primary N) is 1. The van der Waals surface area contributed by atoms with Gasteiger partial charge >= 0.3 is 0 Å². The van der Waals surface area contributed by atoms with E-state index in [9.17, 15) is 4.39 Å². The lowest BCUT2D eigenvalue weighted by Crippen LogP contribution is -2.27. The van der Waals surface area contributed by atoms with Crippen LogP contribution in [0.3, 0.4) is 0 Å². The lowest BCUT2D eigenvalue weighted by Gasteiger charge is -2.24. The molecule has 0 bridgehead atoms. The molecule has 18 heavy (non-hydrogen) atoms. The van der Waals surface area contributed by atoms with Crippen LogP contribution in [0, 0.1) is 11.7 Å². The molecule has 1 unspecified atom stereocenters. The van der Waals surface area contributed by atoms with Crippen molar-refractivity contribution in [3.8, 4) is 0 Å². The molecule has 1 aromatic carbocycles. The average Bonchev–Trinajstić information content (AvgIpc) is 2.35. The SMILES string of the molecule is NC(Cc1ccc(F)c(Br)c1)CC1CCSCC1. The van der Waals surface area contributed by atoms with Gasteiger partial charge in [0.05, 0.1) is 4.47 Å². The quantitative estimate of drug-likeness (QED) is 0.902. The Hall–Kier alpha value is -0.0600. The van der Waals surface area contributed by atoms with Gasteiger partial charge in [-0.15, -0.1) is 0 Å². The summed E-state index contributed by atoms with van der Waals surface area (Å²) in [6, 6.07) is 5.36. The van der Waals surface area contributed by atoms with Crippen LogP contribution in [0.15, 0.2) is 22.7 Å². The summed E-state index contributed by atoms with van der Waals surface area (Å²) < 4.78 is 13.7. The molecule has 1 atom stereocenters. The lowest BCUT2D eigenvalue weighted by atomic mass is 9.91.